The molecule has 1 aromatic heterocycles. The maximum Gasteiger partial charge on any atom is 0.329 e. The minimum Gasteiger partial charge on any atom is -0.454 e. The minimum absolute atomic E-state index is 0.0650. The Morgan fingerprint density at radius 3 is 1.59 bits per heavy atom. The molecule has 0 saturated carbocycles. The number of nitrogens with one attached hydrogen (secondary N) is 4. The zero-order chi connectivity index (χ0) is 33.5. The number of esters is 4. The number of hydrogen-bond acceptors (Lipinski definition) is 13. The van der Waals surface area contributed by atoms with E-state index in [1.165, 1.54) is 0 Å². The minimum atomic E-state index is -1.32. The summed E-state index contributed by atoms with van der Waals surface area (Å²) in [5.74, 6) is -7.53. The van der Waals surface area contributed by atoms with Crippen LogP contribution in [-0.4, -0.2) is 109 Å². The lowest BCUT2D eigenvalue weighted by molar-refractivity contribution is -0.154. The third kappa shape index (κ3) is 12.8. The molecule has 1 saturated heterocycles. The first-order valence-corrected chi connectivity index (χ1v) is 13.8. The SMILES string of the molecule is Cc1ccn(Cc2ccc(CC3NC(=O)COC(=O)CNC(=O)COC(=O)CNC(=O)COC(=O)CNC(=O)COC3=O)cc2)n1. The van der Waals surface area contributed by atoms with Crippen molar-refractivity contribution in [3.63, 3.8) is 0 Å². The highest BCUT2D eigenvalue weighted by molar-refractivity contribution is 5.90. The van der Waals surface area contributed by atoms with Crippen molar-refractivity contribution in [3.05, 3.63) is 53.3 Å². The molecule has 1 aromatic carbocycles. The van der Waals surface area contributed by atoms with E-state index in [9.17, 15) is 38.4 Å². The lowest BCUT2D eigenvalue weighted by atomic mass is 10.0. The van der Waals surface area contributed by atoms with Crippen molar-refractivity contribution in [2.24, 2.45) is 0 Å². The molecule has 1 fully saturated rings. The van der Waals surface area contributed by atoms with Crippen molar-refractivity contribution in [3.8, 4) is 0 Å². The third-order valence-corrected chi connectivity index (χ3v) is 5.93. The van der Waals surface area contributed by atoms with Crippen LogP contribution in [0.3, 0.4) is 0 Å². The quantitative estimate of drug-likeness (QED) is 0.190. The number of ether oxygens (including phenoxy) is 4. The Kier molecular flexibility index (Phi) is 13.2. The zero-order valence-electron chi connectivity index (χ0n) is 24.7. The van der Waals surface area contributed by atoms with Gasteiger partial charge in [0.1, 0.15) is 25.7 Å². The van der Waals surface area contributed by atoms with Gasteiger partial charge < -0.3 is 40.2 Å². The van der Waals surface area contributed by atoms with Crippen LogP contribution >= 0.6 is 0 Å². The molecule has 0 bridgehead atoms. The highest BCUT2D eigenvalue weighted by atomic mass is 16.6. The summed E-state index contributed by atoms with van der Waals surface area (Å²) in [6, 6.07) is 7.64. The molecule has 246 valence electrons. The number of aryl methyl sites for hydroxylation is 1. The number of hydrogen-bond donors (Lipinski definition) is 4. The number of rotatable bonds is 4. The normalized spacial score (nSPS) is 18.8. The van der Waals surface area contributed by atoms with E-state index >= 15 is 0 Å². The number of aromatic nitrogens is 2. The fourth-order valence-electron chi connectivity index (χ4n) is 3.68. The van der Waals surface area contributed by atoms with Gasteiger partial charge in [0.05, 0.1) is 12.2 Å². The average Bonchev–Trinajstić information content (AvgIpc) is 3.45. The molecule has 1 atom stereocenters. The molecule has 1 unspecified atom stereocenters. The van der Waals surface area contributed by atoms with Gasteiger partial charge in [-0.1, -0.05) is 24.3 Å². The first-order chi connectivity index (χ1) is 22.0. The number of amides is 4. The predicted octanol–water partition coefficient (Wildman–Crippen LogP) is -3.20. The van der Waals surface area contributed by atoms with Crippen LogP contribution in [0, 0.1) is 6.92 Å². The van der Waals surface area contributed by atoms with Gasteiger partial charge in [0.25, 0.3) is 23.6 Å². The topological polar surface area (TPSA) is 239 Å². The van der Waals surface area contributed by atoms with Gasteiger partial charge in [0.15, 0.2) is 26.4 Å². The van der Waals surface area contributed by atoms with Gasteiger partial charge in [0.2, 0.25) is 0 Å². The van der Waals surface area contributed by atoms with Crippen LogP contribution in [0.5, 0.6) is 0 Å². The summed E-state index contributed by atoms with van der Waals surface area (Å²) in [7, 11) is 0. The molecule has 18 heteroatoms. The van der Waals surface area contributed by atoms with E-state index in [-0.39, 0.29) is 6.42 Å². The van der Waals surface area contributed by atoms with Crippen molar-refractivity contribution < 1.29 is 57.3 Å². The Morgan fingerprint density at radius 1 is 0.652 bits per heavy atom. The van der Waals surface area contributed by atoms with E-state index in [0.717, 1.165) is 11.3 Å². The summed E-state index contributed by atoms with van der Waals surface area (Å²) in [5, 5.41) is 13.1. The van der Waals surface area contributed by atoms with Crippen LogP contribution in [0.4, 0.5) is 0 Å². The predicted molar refractivity (Wildman–Crippen MR) is 151 cm³/mol. The fraction of sp³-hybridized carbons (Fsp3) is 0.393. The zero-order valence-corrected chi connectivity index (χ0v) is 24.7. The Balaban J connectivity index is 1.65. The second-order valence-corrected chi connectivity index (χ2v) is 9.72. The number of nitrogens with zero attached hydrogens (tertiary/aromatic N) is 2. The monoisotopic (exact) mass is 644 g/mol. The van der Waals surface area contributed by atoms with Gasteiger partial charge in [-0.25, -0.2) is 4.79 Å². The molecule has 4 amide bonds. The van der Waals surface area contributed by atoms with Crippen LogP contribution in [-0.2, 0) is 70.3 Å². The molecule has 4 N–H and O–H groups in total. The Hall–Kier alpha value is -5.81. The molecule has 18 nitrogen and oxygen atoms in total. The van der Waals surface area contributed by atoms with E-state index < -0.39 is 99.6 Å². The van der Waals surface area contributed by atoms with Crippen molar-refractivity contribution in [1.82, 2.24) is 31.0 Å². The number of carbonyl (C=O) groups is 8. The molecular formula is C28H32N6O12. The van der Waals surface area contributed by atoms with E-state index in [0.29, 0.717) is 12.1 Å². The van der Waals surface area contributed by atoms with E-state index in [1.807, 2.05) is 31.3 Å². The molecule has 1 aliphatic heterocycles. The standard InChI is InChI=1S/C28H32N6O12/c1-17-6-7-34(33-17)12-19-4-2-18(3-5-19)8-20-28(42)46-15-23(37)31-10-26(40)44-13-21(35)29-9-25(39)43-14-22(36)30-11-27(41)45-16-24(38)32-20/h2-7,20H,8-16H2,1H3,(H,29,35)(H,30,36)(H,31,37)(H,32,38). The fourth-order valence-corrected chi connectivity index (χ4v) is 3.68. The van der Waals surface area contributed by atoms with Crippen LogP contribution in [0.1, 0.15) is 16.8 Å². The Bertz CT molecular complexity index is 1450. The summed E-state index contributed by atoms with van der Waals surface area (Å²) >= 11 is 0. The number of benzene rings is 1. The maximum absolute atomic E-state index is 12.9. The molecule has 2 heterocycles. The highest BCUT2D eigenvalue weighted by Crippen LogP contribution is 2.10. The molecule has 46 heavy (non-hydrogen) atoms. The van der Waals surface area contributed by atoms with Crippen molar-refractivity contribution in [2.75, 3.05) is 46.1 Å². The van der Waals surface area contributed by atoms with Gasteiger partial charge in [-0.2, -0.15) is 5.10 Å². The number of carbonyl (C=O) groups excluding carboxylic acids is 8. The highest BCUT2D eigenvalue weighted by Gasteiger charge is 2.25. The van der Waals surface area contributed by atoms with Gasteiger partial charge in [-0.15, -0.1) is 0 Å². The summed E-state index contributed by atoms with van der Waals surface area (Å²) in [6.45, 7) is -2.84. The second kappa shape index (κ2) is 17.5. The molecule has 0 radical (unpaired) electrons. The summed E-state index contributed by atoms with van der Waals surface area (Å²) in [5.41, 5.74) is 2.40. The summed E-state index contributed by atoms with van der Waals surface area (Å²) in [4.78, 5) is 96.7. The molecule has 2 aromatic rings. The van der Waals surface area contributed by atoms with Gasteiger partial charge in [0, 0.05) is 12.6 Å². The molecular weight excluding hydrogens is 612 g/mol. The lowest BCUT2D eigenvalue weighted by Gasteiger charge is -2.18. The molecule has 1 aliphatic rings. The molecule has 3 rings (SSSR count). The summed E-state index contributed by atoms with van der Waals surface area (Å²) < 4.78 is 20.9. The van der Waals surface area contributed by atoms with Crippen LogP contribution in [0.2, 0.25) is 0 Å². The second-order valence-electron chi connectivity index (χ2n) is 9.72. The van der Waals surface area contributed by atoms with Gasteiger partial charge in [-0.3, -0.25) is 38.2 Å². The first kappa shape index (κ1) is 34.7. The van der Waals surface area contributed by atoms with Crippen LogP contribution in [0.15, 0.2) is 36.5 Å². The van der Waals surface area contributed by atoms with Gasteiger partial charge >= 0.3 is 23.9 Å². The van der Waals surface area contributed by atoms with Gasteiger partial charge in [-0.05, 0) is 24.1 Å². The van der Waals surface area contributed by atoms with E-state index in [1.54, 1.807) is 16.8 Å². The first-order valence-electron chi connectivity index (χ1n) is 13.8. The third-order valence-electron chi connectivity index (χ3n) is 5.93. The van der Waals surface area contributed by atoms with Crippen molar-refractivity contribution in [2.45, 2.75) is 25.9 Å². The Labute approximate surface area is 261 Å². The van der Waals surface area contributed by atoms with E-state index in [2.05, 4.69) is 35.8 Å². The molecule has 0 aliphatic carbocycles. The Morgan fingerprint density at radius 2 is 1.11 bits per heavy atom. The van der Waals surface area contributed by atoms with E-state index in [4.69, 9.17) is 9.47 Å². The molecule has 0 spiro atoms. The van der Waals surface area contributed by atoms with Crippen LogP contribution < -0.4 is 21.3 Å². The maximum atomic E-state index is 12.9. The smallest absolute Gasteiger partial charge is 0.329 e. The van der Waals surface area contributed by atoms with Crippen molar-refractivity contribution in [1.29, 1.82) is 0 Å². The van der Waals surface area contributed by atoms with Crippen molar-refractivity contribution >= 4 is 47.5 Å². The lowest BCUT2D eigenvalue weighted by Crippen LogP contribution is -2.46. The number of cyclic esters (lactones) is 4. The average molecular weight is 645 g/mol. The summed E-state index contributed by atoms with van der Waals surface area (Å²) in [6.07, 6.45) is 1.77. The van der Waals surface area contributed by atoms with Crippen LogP contribution in [0.25, 0.3) is 0 Å². The largest absolute Gasteiger partial charge is 0.454 e.